The van der Waals surface area contributed by atoms with Crippen LogP contribution in [-0.4, -0.2) is 37.5 Å². The highest BCUT2D eigenvalue weighted by atomic mass is 35.5. The first-order valence-electron chi connectivity index (χ1n) is 9.74. The van der Waals surface area contributed by atoms with Crippen molar-refractivity contribution in [1.29, 1.82) is 0 Å². The summed E-state index contributed by atoms with van der Waals surface area (Å²) in [5.41, 5.74) is 1.26. The smallest absolute Gasteiger partial charge is 0.228 e. The van der Waals surface area contributed by atoms with Crippen molar-refractivity contribution in [2.24, 2.45) is 5.92 Å². The van der Waals surface area contributed by atoms with Gasteiger partial charge in [0.25, 0.3) is 0 Å². The number of anilines is 1. The molecule has 0 saturated carbocycles. The van der Waals surface area contributed by atoms with Crippen molar-refractivity contribution in [3.63, 3.8) is 0 Å². The van der Waals surface area contributed by atoms with E-state index in [1.807, 2.05) is 24.3 Å². The van der Waals surface area contributed by atoms with Crippen LogP contribution in [0, 0.1) is 5.92 Å². The average Bonchev–Trinajstić information content (AvgIpc) is 2.72. The third-order valence-electron chi connectivity index (χ3n) is 4.95. The van der Waals surface area contributed by atoms with Crippen LogP contribution in [-0.2, 0) is 20.6 Å². The molecule has 1 heterocycles. The summed E-state index contributed by atoms with van der Waals surface area (Å²) in [5.74, 6) is 0.139. The first-order valence-corrected chi connectivity index (χ1v) is 13.1. The predicted octanol–water partition coefficient (Wildman–Crippen LogP) is 5.29. The van der Waals surface area contributed by atoms with Gasteiger partial charge in [0.1, 0.15) is 0 Å². The van der Waals surface area contributed by atoms with Gasteiger partial charge >= 0.3 is 0 Å². The van der Waals surface area contributed by atoms with Crippen LogP contribution in [0.5, 0.6) is 0 Å². The Kier molecular flexibility index (Phi) is 8.10. The molecular weight excluding hydrogens is 463 g/mol. The summed E-state index contributed by atoms with van der Waals surface area (Å²) in [6.07, 6.45) is 1.29. The molecule has 162 valence electrons. The van der Waals surface area contributed by atoms with Crippen LogP contribution in [0.3, 0.4) is 0 Å². The Labute approximate surface area is 192 Å². The number of piperidine rings is 1. The van der Waals surface area contributed by atoms with Crippen LogP contribution in [0.25, 0.3) is 0 Å². The topological polar surface area (TPSA) is 66.5 Å². The quantitative estimate of drug-likeness (QED) is 0.540. The van der Waals surface area contributed by atoms with E-state index in [-0.39, 0.29) is 18.2 Å². The maximum atomic E-state index is 13.0. The minimum Gasteiger partial charge on any atom is -0.325 e. The lowest BCUT2D eigenvalue weighted by molar-refractivity contribution is -0.120. The molecule has 0 spiro atoms. The number of para-hydroxylation sites is 1. The minimum absolute atomic E-state index is 0.149. The van der Waals surface area contributed by atoms with E-state index in [2.05, 4.69) is 12.2 Å². The van der Waals surface area contributed by atoms with Crippen molar-refractivity contribution >= 4 is 56.6 Å². The molecule has 0 unspecified atom stereocenters. The second-order valence-electron chi connectivity index (χ2n) is 7.11. The fourth-order valence-corrected chi connectivity index (χ4v) is 6.38. The van der Waals surface area contributed by atoms with Crippen molar-refractivity contribution < 1.29 is 13.2 Å². The standard InChI is InChI=1S/C21H24Cl2N2O3S2/c1-2-29-20-8-4-3-7-19(20)24-21(26)15-6-5-11-25(13-15)30(27,28)14-16-9-10-17(22)12-18(16)23/h3-4,7-10,12,15H,2,5-6,11,13-14H2,1H3,(H,24,26)/t15-/m0/s1. The number of halogens is 2. The highest BCUT2D eigenvalue weighted by molar-refractivity contribution is 7.99. The lowest BCUT2D eigenvalue weighted by Gasteiger charge is -2.31. The number of thioether (sulfide) groups is 1. The van der Waals surface area contributed by atoms with Gasteiger partial charge in [-0.1, -0.05) is 48.3 Å². The predicted molar refractivity (Wildman–Crippen MR) is 125 cm³/mol. The number of hydrogen-bond acceptors (Lipinski definition) is 4. The lowest BCUT2D eigenvalue weighted by Crippen LogP contribution is -2.44. The highest BCUT2D eigenvalue weighted by Crippen LogP contribution is 2.29. The van der Waals surface area contributed by atoms with Crippen LogP contribution < -0.4 is 5.32 Å². The fraction of sp³-hybridized carbons (Fsp3) is 0.381. The zero-order valence-electron chi connectivity index (χ0n) is 16.6. The van der Waals surface area contributed by atoms with Crippen molar-refractivity contribution in [2.75, 3.05) is 24.2 Å². The first-order chi connectivity index (χ1) is 14.3. The molecule has 3 rings (SSSR count). The molecule has 1 N–H and O–H groups in total. The Bertz CT molecular complexity index is 1020. The monoisotopic (exact) mass is 486 g/mol. The second-order valence-corrected chi connectivity index (χ2v) is 11.2. The summed E-state index contributed by atoms with van der Waals surface area (Å²) in [4.78, 5) is 13.9. The summed E-state index contributed by atoms with van der Waals surface area (Å²) < 4.78 is 27.3. The van der Waals surface area contributed by atoms with Crippen LogP contribution in [0.4, 0.5) is 5.69 Å². The zero-order valence-corrected chi connectivity index (χ0v) is 19.8. The molecule has 1 aliphatic heterocycles. The molecule has 1 atom stereocenters. The van der Waals surface area contributed by atoms with E-state index in [0.29, 0.717) is 35.0 Å². The van der Waals surface area contributed by atoms with Gasteiger partial charge in [0, 0.05) is 28.0 Å². The van der Waals surface area contributed by atoms with E-state index < -0.39 is 15.9 Å². The first kappa shape index (κ1) is 23.4. The van der Waals surface area contributed by atoms with Gasteiger partial charge in [0.05, 0.1) is 17.4 Å². The van der Waals surface area contributed by atoms with E-state index in [0.717, 1.165) is 16.3 Å². The van der Waals surface area contributed by atoms with Crippen LogP contribution in [0.1, 0.15) is 25.3 Å². The number of sulfonamides is 1. The van der Waals surface area contributed by atoms with Gasteiger partial charge in [-0.2, -0.15) is 0 Å². The summed E-state index contributed by atoms with van der Waals surface area (Å²) in [6, 6.07) is 12.4. The number of benzene rings is 2. The Hall–Kier alpha value is -1.25. The largest absolute Gasteiger partial charge is 0.325 e. The van der Waals surface area contributed by atoms with Crippen molar-refractivity contribution in [1.82, 2.24) is 4.31 Å². The van der Waals surface area contributed by atoms with Crippen molar-refractivity contribution in [2.45, 2.75) is 30.4 Å². The lowest BCUT2D eigenvalue weighted by atomic mass is 9.99. The van der Waals surface area contributed by atoms with Crippen molar-refractivity contribution in [3.8, 4) is 0 Å². The average molecular weight is 487 g/mol. The number of carbonyl (C=O) groups excluding carboxylic acids is 1. The molecule has 0 radical (unpaired) electrons. The van der Waals surface area contributed by atoms with Gasteiger partial charge in [-0.25, -0.2) is 12.7 Å². The third kappa shape index (κ3) is 5.92. The van der Waals surface area contributed by atoms with E-state index >= 15 is 0 Å². The number of hydrogen-bond donors (Lipinski definition) is 1. The van der Waals surface area contributed by atoms with E-state index in [4.69, 9.17) is 23.2 Å². The van der Waals surface area contributed by atoms with E-state index in [9.17, 15) is 13.2 Å². The molecule has 9 heteroatoms. The van der Waals surface area contributed by atoms with Gasteiger partial charge in [0.15, 0.2) is 0 Å². The number of rotatable bonds is 7. The molecule has 2 aromatic carbocycles. The van der Waals surface area contributed by atoms with Crippen LogP contribution >= 0.6 is 35.0 Å². The molecule has 2 aromatic rings. The molecule has 1 aliphatic rings. The van der Waals surface area contributed by atoms with Crippen LogP contribution in [0.15, 0.2) is 47.4 Å². The molecule has 0 aromatic heterocycles. The summed E-state index contributed by atoms with van der Waals surface area (Å²) in [5, 5.41) is 3.76. The zero-order chi connectivity index (χ0) is 21.7. The molecule has 1 fully saturated rings. The molecule has 0 bridgehead atoms. The summed E-state index contributed by atoms with van der Waals surface area (Å²) in [6.45, 7) is 2.63. The number of amides is 1. The molecule has 1 saturated heterocycles. The fourth-order valence-electron chi connectivity index (χ4n) is 3.42. The van der Waals surface area contributed by atoms with E-state index in [1.165, 1.54) is 10.4 Å². The summed E-state index contributed by atoms with van der Waals surface area (Å²) in [7, 11) is -3.61. The number of nitrogens with one attached hydrogen (secondary N) is 1. The van der Waals surface area contributed by atoms with Gasteiger partial charge in [-0.15, -0.1) is 11.8 Å². The van der Waals surface area contributed by atoms with Crippen molar-refractivity contribution in [3.05, 3.63) is 58.1 Å². The van der Waals surface area contributed by atoms with Crippen LogP contribution in [0.2, 0.25) is 10.0 Å². The highest BCUT2D eigenvalue weighted by Gasteiger charge is 2.33. The van der Waals surface area contributed by atoms with Gasteiger partial charge < -0.3 is 5.32 Å². The Morgan fingerprint density at radius 2 is 2.00 bits per heavy atom. The molecule has 0 aliphatic carbocycles. The minimum atomic E-state index is -3.61. The third-order valence-corrected chi connectivity index (χ3v) is 8.28. The maximum absolute atomic E-state index is 13.0. The van der Waals surface area contributed by atoms with Gasteiger partial charge in [-0.05, 0) is 48.4 Å². The number of carbonyl (C=O) groups is 1. The second kappa shape index (κ2) is 10.4. The van der Waals surface area contributed by atoms with Gasteiger partial charge in [0.2, 0.25) is 15.9 Å². The Morgan fingerprint density at radius 3 is 2.73 bits per heavy atom. The molecule has 5 nitrogen and oxygen atoms in total. The Balaban J connectivity index is 1.69. The van der Waals surface area contributed by atoms with E-state index in [1.54, 1.807) is 23.9 Å². The summed E-state index contributed by atoms with van der Waals surface area (Å²) >= 11 is 13.7. The maximum Gasteiger partial charge on any atom is 0.228 e. The van der Waals surface area contributed by atoms with Gasteiger partial charge in [-0.3, -0.25) is 4.79 Å². The number of nitrogens with zero attached hydrogens (tertiary/aromatic N) is 1. The molecule has 1 amide bonds. The SMILES string of the molecule is CCSc1ccccc1NC(=O)[C@H]1CCCN(S(=O)(=O)Cc2ccc(Cl)cc2Cl)C1. The Morgan fingerprint density at radius 1 is 1.23 bits per heavy atom. The molecular formula is C21H24Cl2N2O3S2. The normalized spacial score (nSPS) is 17.6. The molecule has 30 heavy (non-hydrogen) atoms.